The van der Waals surface area contributed by atoms with Crippen LogP contribution in [0.1, 0.15) is 18.6 Å². The second kappa shape index (κ2) is 6.94. The molecule has 1 saturated heterocycles. The molecule has 1 aliphatic rings. The molecule has 116 valence electrons. The molecule has 1 aliphatic heterocycles. The number of carbonyl (C=O) groups excluding carboxylic acids is 1. The molecule has 1 heterocycles. The van der Waals surface area contributed by atoms with E-state index in [0.29, 0.717) is 29.7 Å². The molecule has 21 heavy (non-hydrogen) atoms. The van der Waals surface area contributed by atoms with E-state index < -0.39 is 11.7 Å². The highest BCUT2D eigenvalue weighted by Gasteiger charge is 2.40. The first kappa shape index (κ1) is 16.5. The van der Waals surface area contributed by atoms with Crippen LogP contribution in [0.4, 0.5) is 0 Å². The molecule has 0 aliphatic carbocycles. The number of benzene rings is 1. The number of aliphatic hydroxyl groups is 1. The summed E-state index contributed by atoms with van der Waals surface area (Å²) >= 11 is 12.0. The minimum atomic E-state index is -1.26. The van der Waals surface area contributed by atoms with Gasteiger partial charge in [-0.1, -0.05) is 29.3 Å². The Balaban J connectivity index is 2.29. The number of β-amino-alcohol motifs (C(OH)–C–C–N with tert-alkyl or cyclic N) is 1. The van der Waals surface area contributed by atoms with Crippen molar-refractivity contribution < 1.29 is 14.6 Å². The summed E-state index contributed by atoms with van der Waals surface area (Å²) in [7, 11) is 0. The van der Waals surface area contributed by atoms with E-state index in [1.54, 1.807) is 18.2 Å². The van der Waals surface area contributed by atoms with Crippen molar-refractivity contribution in [2.45, 2.75) is 18.6 Å². The van der Waals surface area contributed by atoms with Gasteiger partial charge >= 0.3 is 0 Å². The molecular formula is C14H18Cl2N2O3. The molecule has 5 nitrogen and oxygen atoms in total. The summed E-state index contributed by atoms with van der Waals surface area (Å²) in [6, 6.07) is 5.11. The summed E-state index contributed by atoms with van der Waals surface area (Å²) in [4.78, 5) is 11.1. The van der Waals surface area contributed by atoms with Crippen molar-refractivity contribution in [2.75, 3.05) is 26.2 Å². The van der Waals surface area contributed by atoms with Crippen LogP contribution in [0.15, 0.2) is 18.2 Å². The van der Waals surface area contributed by atoms with Crippen LogP contribution in [0, 0.1) is 0 Å². The van der Waals surface area contributed by atoms with Crippen LogP contribution in [0.5, 0.6) is 0 Å². The number of hydrogen-bond acceptors (Lipinski definition) is 4. The number of ether oxygens (including phenoxy) is 1. The van der Waals surface area contributed by atoms with Crippen LogP contribution in [-0.4, -0.2) is 42.9 Å². The van der Waals surface area contributed by atoms with Gasteiger partial charge in [0, 0.05) is 20.0 Å². The average Bonchev–Trinajstić information content (AvgIpc) is 2.62. The third-order valence-electron chi connectivity index (χ3n) is 3.37. The van der Waals surface area contributed by atoms with E-state index in [-0.39, 0.29) is 12.5 Å². The van der Waals surface area contributed by atoms with Crippen molar-refractivity contribution >= 4 is 29.1 Å². The molecule has 0 bridgehead atoms. The van der Waals surface area contributed by atoms with Gasteiger partial charge in [-0.15, -0.1) is 0 Å². The molecule has 0 aromatic heterocycles. The smallest absolute Gasteiger partial charge is 0.216 e. The number of carbonyl (C=O) groups is 1. The molecule has 2 rings (SSSR count). The Labute approximate surface area is 133 Å². The summed E-state index contributed by atoms with van der Waals surface area (Å²) in [5.41, 5.74) is -0.541. The maximum atomic E-state index is 11.1. The standard InChI is InChI=1S/C14H18Cl2N2O3/c1-9(19)18-8-14(20)7-17-4-5-21-13(14)10-2-3-11(15)12(16)6-10/h2-3,6,13,17,20H,4-5,7-8H2,1H3,(H,18,19). The van der Waals surface area contributed by atoms with Crippen LogP contribution in [-0.2, 0) is 9.53 Å². The van der Waals surface area contributed by atoms with E-state index in [1.807, 2.05) is 0 Å². The van der Waals surface area contributed by atoms with Gasteiger partial charge < -0.3 is 20.5 Å². The van der Waals surface area contributed by atoms with Crippen molar-refractivity contribution in [2.24, 2.45) is 0 Å². The lowest BCUT2D eigenvalue weighted by Gasteiger charge is -2.34. The van der Waals surface area contributed by atoms with Gasteiger partial charge in [-0.05, 0) is 17.7 Å². The van der Waals surface area contributed by atoms with E-state index >= 15 is 0 Å². The summed E-state index contributed by atoms with van der Waals surface area (Å²) < 4.78 is 5.77. The lowest BCUT2D eigenvalue weighted by Crippen LogP contribution is -2.52. The van der Waals surface area contributed by atoms with Gasteiger partial charge in [0.1, 0.15) is 11.7 Å². The Bertz CT molecular complexity index is 527. The quantitative estimate of drug-likeness (QED) is 0.784. The molecule has 1 amide bonds. The van der Waals surface area contributed by atoms with Gasteiger partial charge in [-0.3, -0.25) is 4.79 Å². The van der Waals surface area contributed by atoms with Gasteiger partial charge in [-0.25, -0.2) is 0 Å². The Morgan fingerprint density at radius 3 is 2.95 bits per heavy atom. The van der Waals surface area contributed by atoms with Crippen molar-refractivity contribution in [1.82, 2.24) is 10.6 Å². The van der Waals surface area contributed by atoms with Crippen LogP contribution >= 0.6 is 23.2 Å². The third-order valence-corrected chi connectivity index (χ3v) is 4.11. The molecule has 1 fully saturated rings. The van der Waals surface area contributed by atoms with E-state index in [9.17, 15) is 9.90 Å². The molecule has 1 aromatic rings. The van der Waals surface area contributed by atoms with Gasteiger partial charge in [0.05, 0.1) is 23.2 Å². The zero-order chi connectivity index (χ0) is 15.5. The zero-order valence-electron chi connectivity index (χ0n) is 11.7. The molecular weight excluding hydrogens is 315 g/mol. The van der Waals surface area contributed by atoms with Gasteiger partial charge in [-0.2, -0.15) is 0 Å². The highest BCUT2D eigenvalue weighted by molar-refractivity contribution is 6.42. The van der Waals surface area contributed by atoms with E-state index in [1.165, 1.54) is 6.92 Å². The second-order valence-corrected chi connectivity index (χ2v) is 5.93. The van der Waals surface area contributed by atoms with Crippen LogP contribution in [0.2, 0.25) is 10.0 Å². The lowest BCUT2D eigenvalue weighted by atomic mass is 9.90. The minimum absolute atomic E-state index is 0.0836. The molecule has 1 aromatic carbocycles. The number of rotatable bonds is 3. The molecule has 2 unspecified atom stereocenters. The first-order chi connectivity index (χ1) is 9.92. The summed E-state index contributed by atoms with van der Waals surface area (Å²) in [6.07, 6.45) is -0.603. The molecule has 0 saturated carbocycles. The minimum Gasteiger partial charge on any atom is -0.384 e. The Kier molecular flexibility index (Phi) is 5.46. The predicted molar refractivity (Wildman–Crippen MR) is 81.7 cm³/mol. The summed E-state index contributed by atoms with van der Waals surface area (Å²) in [5, 5.41) is 17.5. The number of nitrogens with one attached hydrogen (secondary N) is 2. The number of amides is 1. The molecule has 7 heteroatoms. The summed E-state index contributed by atoms with van der Waals surface area (Å²) in [6.45, 7) is 2.87. The van der Waals surface area contributed by atoms with Crippen molar-refractivity contribution in [3.63, 3.8) is 0 Å². The van der Waals surface area contributed by atoms with E-state index in [4.69, 9.17) is 27.9 Å². The maximum Gasteiger partial charge on any atom is 0.216 e. The normalized spacial score (nSPS) is 26.2. The molecule has 0 radical (unpaired) electrons. The molecule has 2 atom stereocenters. The van der Waals surface area contributed by atoms with Gasteiger partial charge in [0.25, 0.3) is 0 Å². The van der Waals surface area contributed by atoms with Gasteiger partial charge in [0.2, 0.25) is 5.91 Å². The summed E-state index contributed by atoms with van der Waals surface area (Å²) in [5.74, 6) is -0.208. The van der Waals surface area contributed by atoms with Crippen LogP contribution in [0.3, 0.4) is 0 Å². The van der Waals surface area contributed by atoms with E-state index in [2.05, 4.69) is 10.6 Å². The van der Waals surface area contributed by atoms with Crippen molar-refractivity contribution in [3.8, 4) is 0 Å². The third kappa shape index (κ3) is 4.08. The fraction of sp³-hybridized carbons (Fsp3) is 0.500. The fourth-order valence-corrected chi connectivity index (χ4v) is 2.62. The zero-order valence-corrected chi connectivity index (χ0v) is 13.2. The largest absolute Gasteiger partial charge is 0.384 e. The monoisotopic (exact) mass is 332 g/mol. The first-order valence-electron chi connectivity index (χ1n) is 6.66. The van der Waals surface area contributed by atoms with Gasteiger partial charge in [0.15, 0.2) is 0 Å². The molecule has 3 N–H and O–H groups in total. The SMILES string of the molecule is CC(=O)NCC1(O)CNCCOC1c1ccc(Cl)c(Cl)c1. The van der Waals surface area contributed by atoms with E-state index in [0.717, 1.165) is 5.56 Å². The Morgan fingerprint density at radius 2 is 2.29 bits per heavy atom. The topological polar surface area (TPSA) is 70.6 Å². The van der Waals surface area contributed by atoms with Crippen LogP contribution < -0.4 is 10.6 Å². The Hall–Kier alpha value is -0.850. The van der Waals surface area contributed by atoms with Crippen LogP contribution in [0.25, 0.3) is 0 Å². The van der Waals surface area contributed by atoms with Crippen molar-refractivity contribution in [3.05, 3.63) is 33.8 Å². The highest BCUT2D eigenvalue weighted by atomic mass is 35.5. The highest BCUT2D eigenvalue weighted by Crippen LogP contribution is 2.34. The lowest BCUT2D eigenvalue weighted by molar-refractivity contribution is -0.124. The average molecular weight is 333 g/mol. The molecule has 0 spiro atoms. The Morgan fingerprint density at radius 1 is 1.52 bits per heavy atom. The second-order valence-electron chi connectivity index (χ2n) is 5.11. The maximum absolute atomic E-state index is 11.1. The van der Waals surface area contributed by atoms with Crippen molar-refractivity contribution in [1.29, 1.82) is 0 Å². The fourth-order valence-electron chi connectivity index (χ4n) is 2.32. The first-order valence-corrected chi connectivity index (χ1v) is 7.42. The number of hydrogen-bond donors (Lipinski definition) is 3. The predicted octanol–water partition coefficient (Wildman–Crippen LogP) is 1.52. The number of halogens is 2.